The lowest BCUT2D eigenvalue weighted by atomic mass is 9.76. The lowest BCUT2D eigenvalue weighted by Gasteiger charge is -2.25. The minimum absolute atomic E-state index is 0.109. The SMILES string of the molecule is CCCCC(C(=O)O)(C(=O)O)c1ccccc1. The highest BCUT2D eigenvalue weighted by Gasteiger charge is 2.47. The topological polar surface area (TPSA) is 74.6 Å². The lowest BCUT2D eigenvalue weighted by molar-refractivity contribution is -0.158. The Hall–Kier alpha value is -1.84. The molecule has 0 heterocycles. The Bertz CT molecular complexity index is 383. The maximum atomic E-state index is 11.4. The molecule has 2 N–H and O–H groups in total. The van der Waals surface area contributed by atoms with Gasteiger partial charge in [-0.1, -0.05) is 50.1 Å². The zero-order chi connectivity index (χ0) is 12.9. The van der Waals surface area contributed by atoms with Crippen LogP contribution in [-0.2, 0) is 15.0 Å². The number of rotatable bonds is 6. The molecule has 1 aromatic rings. The lowest BCUT2D eigenvalue weighted by Crippen LogP contribution is -2.43. The molecule has 0 bridgehead atoms. The van der Waals surface area contributed by atoms with E-state index in [1.807, 2.05) is 6.92 Å². The number of unbranched alkanes of at least 4 members (excludes halogenated alkanes) is 1. The molecule has 0 aromatic heterocycles. The van der Waals surface area contributed by atoms with Crippen LogP contribution in [0.3, 0.4) is 0 Å². The van der Waals surface area contributed by atoms with Crippen molar-refractivity contribution >= 4 is 11.9 Å². The van der Waals surface area contributed by atoms with Crippen molar-refractivity contribution in [3.05, 3.63) is 35.9 Å². The molecular weight excluding hydrogens is 220 g/mol. The fourth-order valence-corrected chi connectivity index (χ4v) is 1.86. The van der Waals surface area contributed by atoms with Gasteiger partial charge in [0.15, 0.2) is 5.41 Å². The highest BCUT2D eigenvalue weighted by Crippen LogP contribution is 2.31. The van der Waals surface area contributed by atoms with E-state index in [1.54, 1.807) is 30.3 Å². The molecule has 0 spiro atoms. The van der Waals surface area contributed by atoms with E-state index in [1.165, 1.54) is 0 Å². The molecule has 0 saturated carbocycles. The first kappa shape index (κ1) is 13.2. The van der Waals surface area contributed by atoms with Crippen LogP contribution in [0.1, 0.15) is 31.7 Å². The summed E-state index contributed by atoms with van der Waals surface area (Å²) in [6, 6.07) is 8.15. The second kappa shape index (κ2) is 5.48. The molecule has 0 amide bonds. The fraction of sp³-hybridized carbons (Fsp3) is 0.385. The Morgan fingerprint density at radius 1 is 1.12 bits per heavy atom. The van der Waals surface area contributed by atoms with Gasteiger partial charge in [-0.3, -0.25) is 9.59 Å². The molecule has 17 heavy (non-hydrogen) atoms. The van der Waals surface area contributed by atoms with Gasteiger partial charge in [0.1, 0.15) is 0 Å². The van der Waals surface area contributed by atoms with Gasteiger partial charge in [-0.15, -0.1) is 0 Å². The summed E-state index contributed by atoms with van der Waals surface area (Å²) in [6.07, 6.45) is 1.43. The summed E-state index contributed by atoms with van der Waals surface area (Å²) in [5.41, 5.74) is -1.49. The molecule has 4 nitrogen and oxygen atoms in total. The van der Waals surface area contributed by atoms with Gasteiger partial charge in [0.25, 0.3) is 0 Å². The molecular formula is C13H16O4. The molecule has 0 aliphatic rings. The molecule has 1 rings (SSSR count). The molecule has 0 saturated heterocycles. The van der Waals surface area contributed by atoms with E-state index in [-0.39, 0.29) is 6.42 Å². The summed E-state index contributed by atoms with van der Waals surface area (Å²) in [4.78, 5) is 22.8. The van der Waals surface area contributed by atoms with Crippen molar-refractivity contribution in [2.24, 2.45) is 0 Å². The van der Waals surface area contributed by atoms with Gasteiger partial charge < -0.3 is 10.2 Å². The summed E-state index contributed by atoms with van der Waals surface area (Å²) in [6.45, 7) is 1.90. The second-order valence-electron chi connectivity index (χ2n) is 3.99. The first-order chi connectivity index (χ1) is 8.05. The molecule has 0 unspecified atom stereocenters. The summed E-state index contributed by atoms with van der Waals surface area (Å²) >= 11 is 0. The van der Waals surface area contributed by atoms with Crippen LogP contribution in [0.5, 0.6) is 0 Å². The summed E-state index contributed by atoms with van der Waals surface area (Å²) in [7, 11) is 0. The summed E-state index contributed by atoms with van der Waals surface area (Å²) < 4.78 is 0. The molecule has 0 atom stereocenters. The number of hydrogen-bond donors (Lipinski definition) is 2. The van der Waals surface area contributed by atoms with Gasteiger partial charge in [0, 0.05) is 0 Å². The quantitative estimate of drug-likeness (QED) is 0.743. The third-order valence-electron chi connectivity index (χ3n) is 2.90. The zero-order valence-corrected chi connectivity index (χ0v) is 9.72. The van der Waals surface area contributed by atoms with E-state index >= 15 is 0 Å². The van der Waals surface area contributed by atoms with Gasteiger partial charge in [-0.2, -0.15) is 0 Å². The van der Waals surface area contributed by atoms with Crippen LogP contribution >= 0.6 is 0 Å². The summed E-state index contributed by atoms with van der Waals surface area (Å²) in [5.74, 6) is -2.60. The van der Waals surface area contributed by atoms with Gasteiger partial charge in [0.05, 0.1) is 0 Å². The highest BCUT2D eigenvalue weighted by molar-refractivity contribution is 6.04. The Balaban J connectivity index is 3.25. The number of carboxylic acids is 2. The van der Waals surface area contributed by atoms with Crippen molar-refractivity contribution in [2.75, 3.05) is 0 Å². The molecule has 4 heteroatoms. The van der Waals surface area contributed by atoms with Crippen LogP contribution in [-0.4, -0.2) is 22.2 Å². The minimum Gasteiger partial charge on any atom is -0.480 e. The fourth-order valence-electron chi connectivity index (χ4n) is 1.86. The third-order valence-corrected chi connectivity index (χ3v) is 2.90. The minimum atomic E-state index is -1.82. The number of carboxylic acid groups (broad SMARTS) is 2. The van der Waals surface area contributed by atoms with Gasteiger partial charge in [0.2, 0.25) is 0 Å². The van der Waals surface area contributed by atoms with Crippen LogP contribution in [0.4, 0.5) is 0 Å². The number of benzene rings is 1. The van der Waals surface area contributed by atoms with E-state index in [9.17, 15) is 19.8 Å². The van der Waals surface area contributed by atoms with Crippen LogP contribution in [0.2, 0.25) is 0 Å². The second-order valence-corrected chi connectivity index (χ2v) is 3.99. The molecule has 92 valence electrons. The average molecular weight is 236 g/mol. The predicted molar refractivity (Wildman–Crippen MR) is 62.9 cm³/mol. The monoisotopic (exact) mass is 236 g/mol. The summed E-state index contributed by atoms with van der Waals surface area (Å²) in [5, 5.41) is 18.6. The van der Waals surface area contributed by atoms with Crippen LogP contribution in [0.15, 0.2) is 30.3 Å². The molecule has 1 aromatic carbocycles. The first-order valence-electron chi connectivity index (χ1n) is 5.58. The van der Waals surface area contributed by atoms with E-state index in [0.717, 1.165) is 6.42 Å². The van der Waals surface area contributed by atoms with Crippen LogP contribution < -0.4 is 0 Å². The molecule has 0 aliphatic heterocycles. The largest absolute Gasteiger partial charge is 0.480 e. The highest BCUT2D eigenvalue weighted by atomic mass is 16.4. The van der Waals surface area contributed by atoms with Crippen molar-refractivity contribution in [1.82, 2.24) is 0 Å². The molecule has 0 aliphatic carbocycles. The van der Waals surface area contributed by atoms with E-state index in [0.29, 0.717) is 12.0 Å². The number of aliphatic carboxylic acids is 2. The van der Waals surface area contributed by atoms with Crippen molar-refractivity contribution in [1.29, 1.82) is 0 Å². The Labute approximate surface area is 99.9 Å². The first-order valence-corrected chi connectivity index (χ1v) is 5.58. The van der Waals surface area contributed by atoms with E-state index < -0.39 is 17.4 Å². The van der Waals surface area contributed by atoms with E-state index in [2.05, 4.69) is 0 Å². The van der Waals surface area contributed by atoms with Crippen molar-refractivity contribution in [3.63, 3.8) is 0 Å². The smallest absolute Gasteiger partial charge is 0.325 e. The van der Waals surface area contributed by atoms with Gasteiger partial charge in [-0.05, 0) is 12.0 Å². The Morgan fingerprint density at radius 2 is 1.65 bits per heavy atom. The van der Waals surface area contributed by atoms with Gasteiger partial charge in [-0.25, -0.2) is 0 Å². The average Bonchev–Trinajstić information content (AvgIpc) is 2.30. The number of carbonyl (C=O) groups is 2. The van der Waals surface area contributed by atoms with Gasteiger partial charge >= 0.3 is 11.9 Å². The molecule has 0 radical (unpaired) electrons. The van der Waals surface area contributed by atoms with Crippen molar-refractivity contribution < 1.29 is 19.8 Å². The maximum absolute atomic E-state index is 11.4. The molecule has 0 fully saturated rings. The van der Waals surface area contributed by atoms with Crippen LogP contribution in [0.25, 0.3) is 0 Å². The van der Waals surface area contributed by atoms with Crippen LogP contribution in [0, 0.1) is 0 Å². The normalized spacial score (nSPS) is 11.1. The Kier molecular flexibility index (Phi) is 4.26. The predicted octanol–water partition coefficient (Wildman–Crippen LogP) is 2.28. The van der Waals surface area contributed by atoms with E-state index in [4.69, 9.17) is 0 Å². The van der Waals surface area contributed by atoms with Crippen molar-refractivity contribution in [3.8, 4) is 0 Å². The third kappa shape index (κ3) is 2.46. The number of hydrogen-bond acceptors (Lipinski definition) is 2. The standard InChI is InChI=1S/C13H16O4/c1-2-3-9-13(11(14)15,12(16)17)10-7-5-4-6-8-10/h4-8H,2-3,9H2,1H3,(H,14,15)(H,16,17). The maximum Gasteiger partial charge on any atom is 0.325 e. The Morgan fingerprint density at radius 3 is 2.06 bits per heavy atom. The zero-order valence-electron chi connectivity index (χ0n) is 9.72. The van der Waals surface area contributed by atoms with Crippen molar-refractivity contribution in [2.45, 2.75) is 31.6 Å².